The molecule has 3 aromatic rings. The van der Waals surface area contributed by atoms with E-state index in [0.29, 0.717) is 10.8 Å². The molecule has 0 radical (unpaired) electrons. The molecule has 0 saturated heterocycles. The minimum Gasteiger partial charge on any atom is -0.437 e. The maximum absolute atomic E-state index is 13.8. The fraction of sp³-hybridized carbons (Fsp3) is 0.111. The Morgan fingerprint density at radius 2 is 1.77 bits per heavy atom. The molecule has 0 amide bonds. The summed E-state index contributed by atoms with van der Waals surface area (Å²) in [5.74, 6) is -0.555. The summed E-state index contributed by atoms with van der Waals surface area (Å²) in [6.45, 7) is 3.70. The number of nitrogens with two attached hydrogens (primary N) is 1. The number of rotatable bonds is 4. The Labute approximate surface area is 153 Å². The number of aryl methyl sites for hydroxylation is 2. The van der Waals surface area contributed by atoms with Crippen molar-refractivity contribution in [3.8, 4) is 11.6 Å². The van der Waals surface area contributed by atoms with Crippen LogP contribution in [0.25, 0.3) is 0 Å². The van der Waals surface area contributed by atoms with Gasteiger partial charge in [0.2, 0.25) is 5.88 Å². The molecule has 1 aromatic heterocycles. The van der Waals surface area contributed by atoms with Gasteiger partial charge in [-0.1, -0.05) is 11.6 Å². The molecule has 134 valence electrons. The summed E-state index contributed by atoms with van der Waals surface area (Å²) in [6, 6.07) is 6.52. The highest BCUT2D eigenvalue weighted by atomic mass is 35.5. The third kappa shape index (κ3) is 3.67. The first-order valence-electron chi connectivity index (χ1n) is 7.62. The molecule has 0 bridgehead atoms. The highest BCUT2D eigenvalue weighted by molar-refractivity contribution is 6.32. The second-order valence-corrected chi connectivity index (χ2v) is 6.04. The Morgan fingerprint density at radius 3 is 2.46 bits per heavy atom. The molecule has 0 atom stereocenters. The van der Waals surface area contributed by atoms with E-state index < -0.39 is 11.6 Å². The molecule has 1 heterocycles. The fourth-order valence-electron chi connectivity index (χ4n) is 2.36. The van der Waals surface area contributed by atoms with Gasteiger partial charge in [0, 0.05) is 11.1 Å². The second-order valence-electron chi connectivity index (χ2n) is 5.66. The quantitative estimate of drug-likeness (QED) is 0.659. The average Bonchev–Trinajstić information content (AvgIpc) is 2.59. The number of ether oxygens (including phenoxy) is 1. The highest BCUT2D eigenvalue weighted by Gasteiger charge is 2.14. The van der Waals surface area contributed by atoms with E-state index in [1.807, 2.05) is 13.8 Å². The van der Waals surface area contributed by atoms with Gasteiger partial charge in [0.1, 0.15) is 29.4 Å². The summed E-state index contributed by atoms with van der Waals surface area (Å²) in [4.78, 5) is 7.96. The lowest BCUT2D eigenvalue weighted by Crippen LogP contribution is -2.04. The zero-order valence-electron chi connectivity index (χ0n) is 14.0. The van der Waals surface area contributed by atoms with Gasteiger partial charge in [0.25, 0.3) is 0 Å². The SMILES string of the molecule is Cc1cc(Oc2ncnc(Nc3cc(F)ccc3F)c2N)cc(C)c1Cl. The number of nitrogens with zero attached hydrogens (tertiary/aromatic N) is 2. The number of halogens is 3. The van der Waals surface area contributed by atoms with Gasteiger partial charge in [-0.25, -0.2) is 13.8 Å². The molecule has 0 saturated carbocycles. The third-order valence-corrected chi connectivity index (χ3v) is 4.25. The first-order valence-corrected chi connectivity index (χ1v) is 8.00. The maximum Gasteiger partial charge on any atom is 0.248 e. The highest BCUT2D eigenvalue weighted by Crippen LogP contribution is 2.34. The minimum atomic E-state index is -0.643. The Morgan fingerprint density at radius 1 is 1.08 bits per heavy atom. The zero-order chi connectivity index (χ0) is 18.8. The van der Waals surface area contributed by atoms with Crippen molar-refractivity contribution in [1.29, 1.82) is 0 Å². The van der Waals surface area contributed by atoms with Crippen LogP contribution in [0.4, 0.5) is 26.0 Å². The van der Waals surface area contributed by atoms with Crippen LogP contribution in [-0.2, 0) is 0 Å². The lowest BCUT2D eigenvalue weighted by Gasteiger charge is -2.13. The summed E-state index contributed by atoms with van der Waals surface area (Å²) in [6.07, 6.45) is 1.21. The van der Waals surface area contributed by atoms with E-state index in [2.05, 4.69) is 15.3 Å². The molecule has 0 aliphatic carbocycles. The summed E-state index contributed by atoms with van der Waals surface area (Å²) >= 11 is 6.14. The van der Waals surface area contributed by atoms with E-state index in [1.165, 1.54) is 6.33 Å². The van der Waals surface area contributed by atoms with Crippen LogP contribution in [0.2, 0.25) is 5.02 Å². The van der Waals surface area contributed by atoms with Gasteiger partial charge in [-0.2, -0.15) is 4.98 Å². The summed E-state index contributed by atoms with van der Waals surface area (Å²) in [5, 5.41) is 3.30. The van der Waals surface area contributed by atoms with Crippen molar-refractivity contribution in [2.24, 2.45) is 0 Å². The van der Waals surface area contributed by atoms with Crippen LogP contribution in [-0.4, -0.2) is 9.97 Å². The van der Waals surface area contributed by atoms with Gasteiger partial charge in [0.05, 0.1) is 5.69 Å². The van der Waals surface area contributed by atoms with Crippen LogP contribution in [0.15, 0.2) is 36.7 Å². The fourth-order valence-corrected chi connectivity index (χ4v) is 2.47. The van der Waals surface area contributed by atoms with E-state index in [-0.39, 0.29) is 23.1 Å². The van der Waals surface area contributed by atoms with Crippen molar-refractivity contribution in [2.75, 3.05) is 11.1 Å². The van der Waals surface area contributed by atoms with E-state index in [9.17, 15) is 8.78 Å². The molecule has 0 unspecified atom stereocenters. The first-order chi connectivity index (χ1) is 12.3. The molecule has 0 aliphatic heterocycles. The van der Waals surface area contributed by atoms with Gasteiger partial charge in [-0.15, -0.1) is 0 Å². The first kappa shape index (κ1) is 17.9. The summed E-state index contributed by atoms with van der Waals surface area (Å²) in [5.41, 5.74) is 7.66. The van der Waals surface area contributed by atoms with Crippen LogP contribution in [0.3, 0.4) is 0 Å². The van der Waals surface area contributed by atoms with E-state index >= 15 is 0 Å². The molecule has 0 aliphatic rings. The van der Waals surface area contributed by atoms with Crippen LogP contribution in [0, 0.1) is 25.5 Å². The van der Waals surface area contributed by atoms with Gasteiger partial charge < -0.3 is 15.8 Å². The number of aromatic nitrogens is 2. The van der Waals surface area contributed by atoms with Crippen molar-refractivity contribution < 1.29 is 13.5 Å². The molecule has 5 nitrogen and oxygen atoms in total. The maximum atomic E-state index is 13.8. The predicted octanol–water partition coefficient (Wildman–Crippen LogP) is 5.14. The van der Waals surface area contributed by atoms with E-state index in [1.54, 1.807) is 12.1 Å². The third-order valence-electron chi connectivity index (χ3n) is 3.65. The number of hydrogen-bond donors (Lipinski definition) is 2. The van der Waals surface area contributed by atoms with Crippen molar-refractivity contribution in [3.05, 3.63) is 64.4 Å². The molecule has 3 N–H and O–H groups in total. The normalized spacial score (nSPS) is 10.7. The Bertz CT molecular complexity index is 958. The van der Waals surface area contributed by atoms with Crippen LogP contribution < -0.4 is 15.8 Å². The lowest BCUT2D eigenvalue weighted by molar-refractivity contribution is 0.464. The molecular weight excluding hydrogens is 362 g/mol. The van der Waals surface area contributed by atoms with Crippen molar-refractivity contribution in [1.82, 2.24) is 9.97 Å². The smallest absolute Gasteiger partial charge is 0.248 e. The number of benzene rings is 2. The largest absolute Gasteiger partial charge is 0.437 e. The molecule has 0 spiro atoms. The summed E-state index contributed by atoms with van der Waals surface area (Å²) in [7, 11) is 0. The standard InChI is InChI=1S/C18H15ClF2N4O/c1-9-5-12(6-10(2)15(9)19)26-18-16(22)17(23-8-24-18)25-14-7-11(20)3-4-13(14)21/h3-8H,22H2,1-2H3,(H,23,24,25). The van der Waals surface area contributed by atoms with Crippen molar-refractivity contribution >= 4 is 28.8 Å². The van der Waals surface area contributed by atoms with Crippen LogP contribution in [0.1, 0.15) is 11.1 Å². The van der Waals surface area contributed by atoms with E-state index in [4.69, 9.17) is 22.1 Å². The minimum absolute atomic E-state index is 0.0569. The second kappa shape index (κ2) is 7.13. The number of nitrogens with one attached hydrogen (secondary N) is 1. The average molecular weight is 377 g/mol. The Balaban J connectivity index is 1.91. The zero-order valence-corrected chi connectivity index (χ0v) is 14.7. The van der Waals surface area contributed by atoms with Crippen molar-refractivity contribution in [3.63, 3.8) is 0 Å². The molecule has 26 heavy (non-hydrogen) atoms. The van der Waals surface area contributed by atoms with Gasteiger partial charge in [-0.05, 0) is 49.2 Å². The van der Waals surface area contributed by atoms with Gasteiger partial charge in [0.15, 0.2) is 5.82 Å². The monoisotopic (exact) mass is 376 g/mol. The molecule has 3 rings (SSSR count). The Hall–Kier alpha value is -2.93. The number of hydrogen-bond acceptors (Lipinski definition) is 5. The van der Waals surface area contributed by atoms with Crippen LogP contribution in [0.5, 0.6) is 11.6 Å². The summed E-state index contributed by atoms with van der Waals surface area (Å²) < 4.78 is 32.8. The molecular formula is C18H15ClF2N4O. The van der Waals surface area contributed by atoms with Gasteiger partial charge in [-0.3, -0.25) is 0 Å². The molecule has 0 fully saturated rings. The van der Waals surface area contributed by atoms with Crippen molar-refractivity contribution in [2.45, 2.75) is 13.8 Å². The van der Waals surface area contributed by atoms with Gasteiger partial charge >= 0.3 is 0 Å². The Kier molecular flexibility index (Phi) is 4.90. The molecule has 2 aromatic carbocycles. The number of nitrogen functional groups attached to an aromatic ring is 1. The van der Waals surface area contributed by atoms with E-state index in [0.717, 1.165) is 29.3 Å². The number of anilines is 3. The predicted molar refractivity (Wildman–Crippen MR) is 97.1 cm³/mol. The lowest BCUT2D eigenvalue weighted by atomic mass is 10.1. The van der Waals surface area contributed by atoms with Crippen LogP contribution >= 0.6 is 11.6 Å². The topological polar surface area (TPSA) is 73.1 Å². The molecule has 8 heteroatoms.